The number of alkyl carbamates (subject to hydrolysis) is 1. The van der Waals surface area contributed by atoms with Crippen molar-refractivity contribution in [2.24, 2.45) is 0 Å². The van der Waals surface area contributed by atoms with Crippen LogP contribution in [-0.4, -0.2) is 26.8 Å². The molecule has 1 aromatic carbocycles. The van der Waals surface area contributed by atoms with Gasteiger partial charge in [-0.1, -0.05) is 30.3 Å². The first-order chi connectivity index (χ1) is 13.6. The molecule has 1 heterocycles. The number of nitrogens with one attached hydrogen (secondary N) is 1. The molecule has 5 rings (SSSR count). The summed E-state index contributed by atoms with van der Waals surface area (Å²) in [6.45, 7) is 6.69. The Balaban J connectivity index is 1.40. The maximum Gasteiger partial charge on any atom is 0.408 e. The fraction of sp³-hybridized carbons (Fsp3) is 0.524. The number of imidazole rings is 1. The summed E-state index contributed by atoms with van der Waals surface area (Å²) in [6, 6.07) is 10.2. The van der Waals surface area contributed by atoms with Crippen LogP contribution in [0.15, 0.2) is 30.3 Å². The van der Waals surface area contributed by atoms with Crippen LogP contribution in [-0.2, 0) is 28.2 Å². The quantitative estimate of drug-likeness (QED) is 0.464. The van der Waals surface area contributed by atoms with E-state index in [1.165, 1.54) is 0 Å². The van der Waals surface area contributed by atoms with E-state index in [-0.39, 0.29) is 17.2 Å². The van der Waals surface area contributed by atoms with E-state index in [4.69, 9.17) is 14.5 Å². The maximum atomic E-state index is 12.2. The number of hydrogen-bond donors (Lipinski definition) is 1. The lowest BCUT2D eigenvalue weighted by Gasteiger charge is -2.70. The van der Waals surface area contributed by atoms with Gasteiger partial charge in [0.25, 0.3) is 0 Å². The van der Waals surface area contributed by atoms with Gasteiger partial charge in [-0.2, -0.15) is 0 Å². The van der Waals surface area contributed by atoms with Crippen LogP contribution in [0, 0.1) is 7.40 Å². The lowest BCUT2D eigenvalue weighted by Crippen LogP contribution is -2.79. The molecule has 1 N–H and O–H groups in total. The Hall–Kier alpha value is -0.880. The van der Waals surface area contributed by atoms with E-state index in [1.54, 1.807) is 0 Å². The number of ether oxygens (including phenoxy) is 2. The van der Waals surface area contributed by atoms with Crippen LogP contribution < -0.4 is 5.32 Å². The molecule has 3 aliphatic carbocycles. The monoisotopic (exact) mass is 621 g/mol. The van der Waals surface area contributed by atoms with E-state index in [0.717, 1.165) is 38.1 Å². The van der Waals surface area contributed by atoms with Gasteiger partial charge in [0.15, 0.2) is 0 Å². The molecule has 8 heteroatoms. The number of benzene rings is 1. The first kappa shape index (κ1) is 21.4. The predicted octanol–water partition coefficient (Wildman–Crippen LogP) is 4.97. The predicted molar refractivity (Wildman–Crippen MR) is 127 cm³/mol. The normalized spacial score (nSPS) is 25.1. The van der Waals surface area contributed by atoms with Crippen LogP contribution in [0.2, 0.25) is 0 Å². The molecule has 1 aromatic heterocycles. The van der Waals surface area contributed by atoms with Gasteiger partial charge in [0.1, 0.15) is 25.4 Å². The van der Waals surface area contributed by atoms with Gasteiger partial charge in [0.2, 0.25) is 0 Å². The van der Waals surface area contributed by atoms with Crippen LogP contribution in [0.25, 0.3) is 0 Å². The molecule has 0 saturated heterocycles. The summed E-state index contributed by atoms with van der Waals surface area (Å²) < 4.78 is 15.9. The van der Waals surface area contributed by atoms with Crippen LogP contribution in [0.1, 0.15) is 51.4 Å². The molecule has 6 nitrogen and oxygen atoms in total. The van der Waals surface area contributed by atoms with Gasteiger partial charge >= 0.3 is 6.09 Å². The third-order valence-corrected chi connectivity index (χ3v) is 8.21. The van der Waals surface area contributed by atoms with E-state index in [2.05, 4.69) is 67.2 Å². The zero-order valence-corrected chi connectivity index (χ0v) is 21.1. The third kappa shape index (κ3) is 4.30. The van der Waals surface area contributed by atoms with Gasteiger partial charge in [0, 0.05) is 0 Å². The smallest absolute Gasteiger partial charge is 0.408 e. The Morgan fingerprint density at radius 1 is 1.17 bits per heavy atom. The number of aromatic nitrogens is 2. The molecule has 0 atom stereocenters. The highest BCUT2D eigenvalue weighted by atomic mass is 127. The average molecular weight is 621 g/mol. The van der Waals surface area contributed by atoms with Gasteiger partial charge in [-0.15, -0.1) is 0 Å². The molecule has 0 unspecified atom stereocenters. The number of carbonyl (C=O) groups is 1. The summed E-state index contributed by atoms with van der Waals surface area (Å²) in [4.78, 5) is 16.9. The molecule has 0 aliphatic heterocycles. The van der Waals surface area contributed by atoms with Gasteiger partial charge in [-0.05, 0) is 90.8 Å². The van der Waals surface area contributed by atoms with E-state index < -0.39 is 5.60 Å². The topological polar surface area (TPSA) is 65.4 Å². The Morgan fingerprint density at radius 3 is 2.45 bits per heavy atom. The molecule has 0 radical (unpaired) electrons. The van der Waals surface area contributed by atoms with Crippen molar-refractivity contribution in [1.29, 1.82) is 0 Å². The standard InChI is InChI=1S/C21H25I2N3O3/c1-19(2,3)29-18(27)25-20-11-21(12-20,13-20)26-15(24-16(22)17(26)23)10-28-9-14-7-5-4-6-8-14/h4-8H,9-13H2,1-3H3,(H,25,27). The van der Waals surface area contributed by atoms with Gasteiger partial charge in [-0.25, -0.2) is 9.78 Å². The van der Waals surface area contributed by atoms with Crippen molar-refractivity contribution in [3.8, 4) is 0 Å². The summed E-state index contributed by atoms with van der Waals surface area (Å²) in [6.07, 6.45) is 2.40. The highest BCUT2D eigenvalue weighted by molar-refractivity contribution is 14.1. The molecule has 1 amide bonds. The highest BCUT2D eigenvalue weighted by Gasteiger charge is 2.70. The fourth-order valence-corrected chi connectivity index (χ4v) is 5.88. The minimum absolute atomic E-state index is 0.0351. The molecule has 3 fully saturated rings. The van der Waals surface area contributed by atoms with E-state index in [0.29, 0.717) is 13.2 Å². The van der Waals surface area contributed by atoms with Crippen LogP contribution in [0.3, 0.4) is 0 Å². The first-order valence-corrected chi connectivity index (χ1v) is 11.8. The summed E-state index contributed by atoms with van der Waals surface area (Å²) >= 11 is 4.65. The largest absolute Gasteiger partial charge is 0.444 e. The van der Waals surface area contributed by atoms with Crippen molar-refractivity contribution in [2.45, 2.75) is 69.9 Å². The summed E-state index contributed by atoms with van der Waals surface area (Å²) in [5, 5.41) is 3.09. The molecular weight excluding hydrogens is 596 g/mol. The molecule has 2 bridgehead atoms. The average Bonchev–Trinajstić information content (AvgIpc) is 2.84. The second-order valence-electron chi connectivity index (χ2n) is 9.09. The van der Waals surface area contributed by atoms with Gasteiger partial charge < -0.3 is 19.4 Å². The molecule has 3 saturated carbocycles. The fourth-order valence-electron chi connectivity index (χ4n) is 4.45. The highest BCUT2D eigenvalue weighted by Crippen LogP contribution is 2.66. The lowest BCUT2D eigenvalue weighted by molar-refractivity contribution is -0.140. The Labute approximate surface area is 198 Å². The molecule has 3 aliphatic rings. The minimum Gasteiger partial charge on any atom is -0.444 e. The lowest BCUT2D eigenvalue weighted by atomic mass is 9.44. The van der Waals surface area contributed by atoms with E-state index >= 15 is 0 Å². The van der Waals surface area contributed by atoms with Crippen molar-refractivity contribution in [3.63, 3.8) is 0 Å². The number of halogens is 2. The van der Waals surface area contributed by atoms with Crippen LogP contribution in [0.5, 0.6) is 0 Å². The zero-order valence-electron chi connectivity index (χ0n) is 16.8. The molecule has 0 spiro atoms. The van der Waals surface area contributed by atoms with Crippen molar-refractivity contribution >= 4 is 51.3 Å². The third-order valence-electron chi connectivity index (χ3n) is 5.44. The maximum absolute atomic E-state index is 12.2. The van der Waals surface area contributed by atoms with Gasteiger partial charge in [0.05, 0.1) is 17.7 Å². The molecule has 29 heavy (non-hydrogen) atoms. The van der Waals surface area contributed by atoms with Crippen LogP contribution in [0.4, 0.5) is 4.79 Å². The summed E-state index contributed by atoms with van der Waals surface area (Å²) in [7, 11) is 0. The van der Waals surface area contributed by atoms with Crippen molar-refractivity contribution in [2.75, 3.05) is 0 Å². The number of nitrogens with zero attached hydrogens (tertiary/aromatic N) is 2. The Morgan fingerprint density at radius 2 is 1.83 bits per heavy atom. The molecular formula is C21H25I2N3O3. The second kappa shape index (κ2) is 7.67. The minimum atomic E-state index is -0.482. The van der Waals surface area contributed by atoms with Crippen molar-refractivity contribution in [1.82, 2.24) is 14.9 Å². The molecule has 156 valence electrons. The Bertz CT molecular complexity index is 901. The number of carbonyl (C=O) groups excluding carboxylic acids is 1. The number of amides is 1. The number of hydrogen-bond acceptors (Lipinski definition) is 4. The van der Waals surface area contributed by atoms with Crippen LogP contribution >= 0.6 is 45.2 Å². The number of rotatable bonds is 6. The van der Waals surface area contributed by atoms with E-state index in [1.807, 2.05) is 39.0 Å². The van der Waals surface area contributed by atoms with E-state index in [9.17, 15) is 4.79 Å². The molecule has 2 aromatic rings. The Kier molecular flexibility index (Phi) is 5.65. The summed E-state index contributed by atoms with van der Waals surface area (Å²) in [5.74, 6) is 0.959. The van der Waals surface area contributed by atoms with Gasteiger partial charge in [-0.3, -0.25) is 0 Å². The van der Waals surface area contributed by atoms with Crippen molar-refractivity contribution in [3.05, 3.63) is 49.1 Å². The SMILES string of the molecule is CC(C)(C)OC(=O)NC12CC(n3c(COCc4ccccc4)nc(I)c3I)(C1)C2. The zero-order chi connectivity index (χ0) is 20.9. The second-order valence-corrected chi connectivity index (χ2v) is 11.1. The first-order valence-electron chi connectivity index (χ1n) is 9.67. The summed E-state index contributed by atoms with van der Waals surface area (Å²) in [5.41, 5.74) is 0.571. The van der Waals surface area contributed by atoms with Crippen molar-refractivity contribution < 1.29 is 14.3 Å².